The van der Waals surface area contributed by atoms with Gasteiger partial charge in [0, 0.05) is 0 Å². The van der Waals surface area contributed by atoms with Gasteiger partial charge in [-0.2, -0.15) is 16.8 Å². The van der Waals surface area contributed by atoms with Crippen LogP contribution in [0.15, 0.2) is 28.0 Å². The molecule has 0 spiro atoms. The molecule has 0 atom stereocenters. The van der Waals surface area contributed by atoms with E-state index in [2.05, 4.69) is 0 Å². The van der Waals surface area contributed by atoms with Crippen molar-refractivity contribution in [1.29, 1.82) is 0 Å². The number of primary amides is 1. The Bertz CT molecular complexity index is 698. The van der Waals surface area contributed by atoms with Gasteiger partial charge in [0.15, 0.2) is 0 Å². The van der Waals surface area contributed by atoms with Gasteiger partial charge in [-0.15, -0.1) is 0 Å². The largest absolute Gasteiger partial charge is 1.00 e. The number of nitrogens with two attached hydrogens (primary N) is 1. The summed E-state index contributed by atoms with van der Waals surface area (Å²) in [6, 6.07) is 0.907. The van der Waals surface area contributed by atoms with Crippen molar-refractivity contribution in [3.05, 3.63) is 18.2 Å². The van der Waals surface area contributed by atoms with Crippen molar-refractivity contribution in [3.8, 4) is 0 Å². The third kappa shape index (κ3) is 5.06. The molecule has 1 aromatic carbocycles. The van der Waals surface area contributed by atoms with Crippen molar-refractivity contribution in [3.63, 3.8) is 0 Å². The van der Waals surface area contributed by atoms with E-state index in [1.54, 1.807) is 0 Å². The maximum Gasteiger partial charge on any atom is 1.00 e. The van der Waals surface area contributed by atoms with Gasteiger partial charge in [0.1, 0.15) is 4.90 Å². The molecule has 0 saturated carbocycles. The van der Waals surface area contributed by atoms with Crippen molar-refractivity contribution in [2.75, 3.05) is 5.32 Å². The molecule has 0 heterocycles. The molecule has 9 nitrogen and oxygen atoms in total. The zero-order chi connectivity index (χ0) is 14.1. The first-order valence-electron chi connectivity index (χ1n) is 4.17. The van der Waals surface area contributed by atoms with E-state index in [1.807, 2.05) is 5.32 Å². The minimum absolute atomic E-state index is 0. The molecule has 2 amide bonds. The Balaban J connectivity index is 0.00000324. The van der Waals surface area contributed by atoms with E-state index in [0.717, 1.165) is 6.07 Å². The number of carbonyl (C=O) groups is 1. The first kappa shape index (κ1) is 18.3. The van der Waals surface area contributed by atoms with Gasteiger partial charge >= 0.3 is 35.6 Å². The fourth-order valence-electron chi connectivity index (χ4n) is 1.12. The molecule has 5 N–H and O–H groups in total. The van der Waals surface area contributed by atoms with Crippen molar-refractivity contribution in [2.24, 2.45) is 5.73 Å². The SMILES string of the molecule is NC(=O)Nc1cc(S(=O)(=O)O)ccc1S(=O)(=O)O.[Na+]. The molecule has 0 aliphatic carbocycles. The van der Waals surface area contributed by atoms with Crippen LogP contribution in [0.4, 0.5) is 10.5 Å². The third-order valence-electron chi connectivity index (χ3n) is 1.78. The summed E-state index contributed by atoms with van der Waals surface area (Å²) in [6.07, 6.45) is 0. The number of nitrogens with one attached hydrogen (secondary N) is 1. The minimum Gasteiger partial charge on any atom is -0.351 e. The summed E-state index contributed by atoms with van der Waals surface area (Å²) >= 11 is 0. The molecule has 1 rings (SSSR count). The summed E-state index contributed by atoms with van der Waals surface area (Å²) in [7, 11) is -9.28. The molecule has 0 aliphatic heterocycles. The van der Waals surface area contributed by atoms with Gasteiger partial charge in [-0.1, -0.05) is 0 Å². The van der Waals surface area contributed by atoms with E-state index >= 15 is 0 Å². The molecule has 0 unspecified atom stereocenters. The van der Waals surface area contributed by atoms with Crippen LogP contribution in [-0.4, -0.2) is 32.0 Å². The molecule has 0 aromatic heterocycles. The number of urea groups is 1. The molecule has 0 aliphatic rings. The smallest absolute Gasteiger partial charge is 0.351 e. The number of anilines is 1. The molecule has 0 saturated heterocycles. The predicted octanol–water partition coefficient (Wildman–Crippen LogP) is -3.33. The topological polar surface area (TPSA) is 164 Å². The maximum atomic E-state index is 10.9. The van der Waals surface area contributed by atoms with E-state index in [1.165, 1.54) is 0 Å². The second kappa shape index (κ2) is 6.17. The first-order chi connectivity index (χ1) is 8.01. The fraction of sp³-hybridized carbons (Fsp3) is 0. The number of amides is 2. The normalized spacial score (nSPS) is 11.5. The van der Waals surface area contributed by atoms with Gasteiger partial charge in [-0.3, -0.25) is 9.11 Å². The van der Waals surface area contributed by atoms with Crippen molar-refractivity contribution < 1.29 is 60.3 Å². The number of carbonyl (C=O) groups excluding carboxylic acids is 1. The second-order valence-electron chi connectivity index (χ2n) is 3.10. The zero-order valence-electron chi connectivity index (χ0n) is 9.56. The molecule has 100 valence electrons. The molecule has 0 radical (unpaired) electrons. The Morgan fingerprint density at radius 2 is 1.63 bits per heavy atom. The number of hydrogen-bond acceptors (Lipinski definition) is 5. The first-order valence-corrected chi connectivity index (χ1v) is 7.05. The van der Waals surface area contributed by atoms with Crippen LogP contribution in [0, 0.1) is 0 Å². The Morgan fingerprint density at radius 3 is 2.00 bits per heavy atom. The summed E-state index contributed by atoms with van der Waals surface area (Å²) in [5.74, 6) is 0. The second-order valence-corrected chi connectivity index (χ2v) is 5.91. The van der Waals surface area contributed by atoms with Crippen LogP contribution in [0.1, 0.15) is 0 Å². The van der Waals surface area contributed by atoms with Gasteiger partial charge in [-0.25, -0.2) is 4.79 Å². The Kier molecular flexibility index (Phi) is 5.95. The number of hydrogen-bond donors (Lipinski definition) is 4. The molecule has 0 bridgehead atoms. The zero-order valence-corrected chi connectivity index (χ0v) is 13.2. The van der Waals surface area contributed by atoms with E-state index in [9.17, 15) is 21.6 Å². The van der Waals surface area contributed by atoms with Crippen LogP contribution in [0.2, 0.25) is 0 Å². The Labute approximate surface area is 131 Å². The third-order valence-corrected chi connectivity index (χ3v) is 3.55. The van der Waals surface area contributed by atoms with E-state index in [-0.39, 0.29) is 29.6 Å². The van der Waals surface area contributed by atoms with Gasteiger partial charge in [-0.05, 0) is 18.2 Å². The molecule has 0 fully saturated rings. The summed E-state index contributed by atoms with van der Waals surface area (Å²) in [6.45, 7) is 0. The summed E-state index contributed by atoms with van der Waals surface area (Å²) in [4.78, 5) is 9.21. The molecular formula is C7H8N2NaO7S2+. The molecule has 1 aromatic rings. The minimum atomic E-state index is -4.69. The summed E-state index contributed by atoms with van der Waals surface area (Å²) in [5.41, 5.74) is 4.19. The van der Waals surface area contributed by atoms with Crippen LogP contribution in [0.25, 0.3) is 0 Å². The number of benzene rings is 1. The van der Waals surface area contributed by atoms with Crippen molar-refractivity contribution in [1.82, 2.24) is 0 Å². The Morgan fingerprint density at radius 1 is 1.11 bits per heavy atom. The van der Waals surface area contributed by atoms with E-state index in [4.69, 9.17) is 14.8 Å². The van der Waals surface area contributed by atoms with E-state index < -0.39 is 41.7 Å². The average Bonchev–Trinajstić information content (AvgIpc) is 2.13. The maximum absolute atomic E-state index is 10.9. The van der Waals surface area contributed by atoms with Crippen LogP contribution in [-0.2, 0) is 20.2 Å². The van der Waals surface area contributed by atoms with Gasteiger partial charge in [0.05, 0.1) is 10.6 Å². The van der Waals surface area contributed by atoms with Crippen molar-refractivity contribution >= 4 is 32.0 Å². The predicted molar refractivity (Wildman–Crippen MR) is 59.3 cm³/mol. The van der Waals surface area contributed by atoms with Gasteiger partial charge in [0.25, 0.3) is 20.2 Å². The standard InChI is InChI=1S/C7H8N2O7S2.Na/c8-7(10)9-5-3-4(17(11,12)13)1-2-6(5)18(14,15)16;/h1-3H,(H3,8,9,10)(H,11,12,13)(H,14,15,16);/q;+1. The van der Waals surface area contributed by atoms with Crippen LogP contribution in [0.5, 0.6) is 0 Å². The molecule has 12 heteroatoms. The van der Waals surface area contributed by atoms with Crippen LogP contribution < -0.4 is 40.6 Å². The fourth-order valence-corrected chi connectivity index (χ4v) is 2.26. The van der Waals surface area contributed by atoms with Crippen LogP contribution in [0.3, 0.4) is 0 Å². The molecular weight excluding hydrogens is 311 g/mol. The summed E-state index contributed by atoms with van der Waals surface area (Å²) in [5, 5.41) is 1.82. The Hall–Kier alpha value is -0.690. The average molecular weight is 319 g/mol. The van der Waals surface area contributed by atoms with Crippen molar-refractivity contribution in [2.45, 2.75) is 9.79 Å². The molecule has 19 heavy (non-hydrogen) atoms. The number of rotatable bonds is 3. The van der Waals surface area contributed by atoms with Gasteiger partial charge < -0.3 is 11.1 Å². The quantitative estimate of drug-likeness (QED) is 0.334. The summed E-state index contributed by atoms with van der Waals surface area (Å²) < 4.78 is 61.2. The van der Waals surface area contributed by atoms with E-state index in [0.29, 0.717) is 12.1 Å². The van der Waals surface area contributed by atoms with Gasteiger partial charge in [0.2, 0.25) is 0 Å². The van der Waals surface area contributed by atoms with Crippen LogP contribution >= 0.6 is 0 Å². The monoisotopic (exact) mass is 319 g/mol.